The molecule has 1 rings (SSSR count). The Labute approximate surface area is 90.5 Å². The number of alkyl halides is 3. The third-order valence-electron chi connectivity index (χ3n) is 2.05. The van der Waals surface area contributed by atoms with E-state index in [4.69, 9.17) is 0 Å². The van der Waals surface area contributed by atoms with Crippen LogP contribution in [0.5, 0.6) is 0 Å². The van der Waals surface area contributed by atoms with E-state index in [1.165, 1.54) is 0 Å². The molecule has 0 saturated carbocycles. The summed E-state index contributed by atoms with van der Waals surface area (Å²) in [7, 11) is 1.77. The molecule has 1 N–H and O–H groups in total. The van der Waals surface area contributed by atoms with Gasteiger partial charge in [-0.1, -0.05) is 0 Å². The second-order valence-corrected chi connectivity index (χ2v) is 4.47. The smallest absolute Gasteiger partial charge is 0.312 e. The quantitative estimate of drug-likeness (QED) is 0.875. The van der Waals surface area contributed by atoms with Crippen LogP contribution in [-0.2, 0) is 6.42 Å². The topological polar surface area (TPSA) is 24.9 Å². The van der Waals surface area contributed by atoms with Gasteiger partial charge in [-0.2, -0.15) is 13.2 Å². The van der Waals surface area contributed by atoms with E-state index in [0.717, 1.165) is 16.2 Å². The number of nitrogens with one attached hydrogen (secondary N) is 1. The predicted molar refractivity (Wildman–Crippen MR) is 54.1 cm³/mol. The van der Waals surface area contributed by atoms with E-state index in [9.17, 15) is 13.2 Å². The third kappa shape index (κ3) is 3.46. The van der Waals surface area contributed by atoms with Crippen LogP contribution in [0.25, 0.3) is 0 Å². The second kappa shape index (κ2) is 4.49. The molecule has 0 aliphatic carbocycles. The monoisotopic (exact) mass is 238 g/mol. The summed E-state index contributed by atoms with van der Waals surface area (Å²) < 4.78 is 36.3. The molecule has 1 aromatic rings. The van der Waals surface area contributed by atoms with E-state index in [1.807, 2.05) is 6.92 Å². The van der Waals surface area contributed by atoms with Gasteiger partial charge in [0.1, 0.15) is 5.01 Å². The highest BCUT2D eigenvalue weighted by atomic mass is 32.1. The van der Waals surface area contributed by atoms with Crippen molar-refractivity contribution in [3.05, 3.63) is 15.6 Å². The molecule has 0 bridgehead atoms. The first kappa shape index (κ1) is 12.4. The maximum Gasteiger partial charge on any atom is 0.395 e. The van der Waals surface area contributed by atoms with Gasteiger partial charge in [0.15, 0.2) is 0 Å². The normalized spacial score (nSPS) is 14.3. The maximum atomic E-state index is 12.1. The summed E-state index contributed by atoms with van der Waals surface area (Å²) in [5.41, 5.74) is 0.682. The van der Waals surface area contributed by atoms with Crippen molar-refractivity contribution in [2.24, 2.45) is 0 Å². The fraction of sp³-hybridized carbons (Fsp3) is 0.667. The van der Waals surface area contributed by atoms with E-state index in [0.29, 0.717) is 5.69 Å². The SMILES string of the molecule is CNC(C)c1sc(CC(F)(F)F)nc1C. The minimum absolute atomic E-state index is 0.0458. The molecule has 15 heavy (non-hydrogen) atoms. The van der Waals surface area contributed by atoms with Crippen LogP contribution in [0.4, 0.5) is 13.2 Å². The third-order valence-corrected chi connectivity index (χ3v) is 3.39. The Hall–Kier alpha value is -0.620. The van der Waals surface area contributed by atoms with E-state index in [1.54, 1.807) is 14.0 Å². The van der Waals surface area contributed by atoms with Gasteiger partial charge >= 0.3 is 6.18 Å². The average Bonchev–Trinajstić information content (AvgIpc) is 2.42. The summed E-state index contributed by atoms with van der Waals surface area (Å²) in [6, 6.07) is 0.0458. The zero-order valence-electron chi connectivity index (χ0n) is 8.77. The summed E-state index contributed by atoms with van der Waals surface area (Å²) >= 11 is 1.13. The van der Waals surface area contributed by atoms with Gasteiger partial charge in [-0.05, 0) is 20.9 Å². The van der Waals surface area contributed by atoms with Crippen LogP contribution in [0.15, 0.2) is 0 Å². The van der Waals surface area contributed by atoms with Crippen molar-refractivity contribution in [3.8, 4) is 0 Å². The highest BCUT2D eigenvalue weighted by Crippen LogP contribution is 2.29. The number of hydrogen-bond donors (Lipinski definition) is 1. The lowest BCUT2D eigenvalue weighted by Crippen LogP contribution is -2.11. The molecule has 0 amide bonds. The van der Waals surface area contributed by atoms with Crippen LogP contribution in [0.2, 0.25) is 0 Å². The van der Waals surface area contributed by atoms with Crippen molar-refractivity contribution in [3.63, 3.8) is 0 Å². The minimum Gasteiger partial charge on any atom is -0.312 e. The van der Waals surface area contributed by atoms with Gasteiger partial charge in [-0.25, -0.2) is 4.98 Å². The number of aryl methyl sites for hydroxylation is 1. The van der Waals surface area contributed by atoms with Gasteiger partial charge in [0.05, 0.1) is 12.1 Å². The molecule has 1 aromatic heterocycles. The molecule has 2 nitrogen and oxygen atoms in total. The van der Waals surface area contributed by atoms with Crippen molar-refractivity contribution in [1.29, 1.82) is 0 Å². The van der Waals surface area contributed by atoms with Gasteiger partial charge in [0, 0.05) is 10.9 Å². The molecular formula is C9H13F3N2S. The molecule has 0 saturated heterocycles. The van der Waals surface area contributed by atoms with Crippen LogP contribution >= 0.6 is 11.3 Å². The van der Waals surface area contributed by atoms with Crippen LogP contribution in [0, 0.1) is 6.92 Å². The first-order chi connectivity index (χ1) is 6.83. The molecule has 0 aliphatic rings. The molecule has 0 aliphatic heterocycles. The lowest BCUT2D eigenvalue weighted by atomic mass is 10.2. The Bertz CT molecular complexity index is 333. The lowest BCUT2D eigenvalue weighted by Gasteiger charge is -2.07. The van der Waals surface area contributed by atoms with Gasteiger partial charge < -0.3 is 5.32 Å². The number of aromatic nitrogens is 1. The number of hydrogen-bond acceptors (Lipinski definition) is 3. The summed E-state index contributed by atoms with van der Waals surface area (Å²) in [6.45, 7) is 3.64. The zero-order chi connectivity index (χ0) is 11.6. The van der Waals surface area contributed by atoms with Gasteiger partial charge in [-0.3, -0.25) is 0 Å². The van der Waals surface area contributed by atoms with Gasteiger partial charge in [-0.15, -0.1) is 11.3 Å². The van der Waals surface area contributed by atoms with E-state index in [-0.39, 0.29) is 11.0 Å². The molecule has 6 heteroatoms. The standard InChI is InChI=1S/C9H13F3N2S/c1-5(13-3)8-6(2)14-7(15-8)4-9(10,11)12/h5,13H,4H2,1-3H3. The lowest BCUT2D eigenvalue weighted by molar-refractivity contribution is -0.127. The molecule has 1 unspecified atom stereocenters. The van der Waals surface area contributed by atoms with E-state index < -0.39 is 12.6 Å². The zero-order valence-corrected chi connectivity index (χ0v) is 9.59. The second-order valence-electron chi connectivity index (χ2n) is 3.36. The first-order valence-electron chi connectivity index (χ1n) is 4.53. The fourth-order valence-corrected chi connectivity index (χ4v) is 2.41. The summed E-state index contributed by atoms with van der Waals surface area (Å²) in [5.74, 6) is 0. The van der Waals surface area contributed by atoms with Crippen molar-refractivity contribution in [2.45, 2.75) is 32.5 Å². The fourth-order valence-electron chi connectivity index (χ4n) is 1.25. The minimum atomic E-state index is -4.18. The molecule has 0 fully saturated rings. The molecule has 1 atom stereocenters. The van der Waals surface area contributed by atoms with Crippen LogP contribution < -0.4 is 5.32 Å². The number of halogens is 3. The Morgan fingerprint density at radius 2 is 2.07 bits per heavy atom. The van der Waals surface area contributed by atoms with Crippen molar-refractivity contribution in [1.82, 2.24) is 10.3 Å². The highest BCUT2D eigenvalue weighted by Gasteiger charge is 2.30. The van der Waals surface area contributed by atoms with Crippen molar-refractivity contribution in [2.75, 3.05) is 7.05 Å². The summed E-state index contributed by atoms with van der Waals surface area (Å²) in [4.78, 5) is 4.80. The maximum absolute atomic E-state index is 12.1. The molecule has 0 spiro atoms. The van der Waals surface area contributed by atoms with Crippen molar-refractivity contribution < 1.29 is 13.2 Å². The molecule has 0 aromatic carbocycles. The Morgan fingerprint density at radius 3 is 2.53 bits per heavy atom. The molecular weight excluding hydrogens is 225 g/mol. The van der Waals surface area contributed by atoms with Gasteiger partial charge in [0.2, 0.25) is 0 Å². The van der Waals surface area contributed by atoms with Crippen molar-refractivity contribution >= 4 is 11.3 Å². The molecule has 1 heterocycles. The highest BCUT2D eigenvalue weighted by molar-refractivity contribution is 7.11. The number of nitrogens with zero attached hydrogens (tertiary/aromatic N) is 1. The molecule has 86 valence electrons. The Kier molecular flexibility index (Phi) is 3.72. The predicted octanol–water partition coefficient (Wildman–Crippen LogP) is 2.84. The average molecular weight is 238 g/mol. The summed E-state index contributed by atoms with van der Waals surface area (Å²) in [6.07, 6.45) is -5.11. The largest absolute Gasteiger partial charge is 0.395 e. The van der Waals surface area contributed by atoms with Crippen LogP contribution in [0.1, 0.15) is 28.5 Å². The summed E-state index contributed by atoms with van der Waals surface area (Å²) in [5, 5.41) is 3.12. The van der Waals surface area contributed by atoms with Gasteiger partial charge in [0.25, 0.3) is 0 Å². The van der Waals surface area contributed by atoms with E-state index in [2.05, 4.69) is 10.3 Å². The first-order valence-corrected chi connectivity index (χ1v) is 5.35. The van der Waals surface area contributed by atoms with E-state index >= 15 is 0 Å². The van der Waals surface area contributed by atoms with Crippen LogP contribution in [-0.4, -0.2) is 18.2 Å². The van der Waals surface area contributed by atoms with Crippen LogP contribution in [0.3, 0.4) is 0 Å². The number of thiazole rings is 1. The number of rotatable bonds is 3. The Balaban J connectivity index is 2.86. The molecule has 0 radical (unpaired) electrons. The Morgan fingerprint density at radius 1 is 1.47 bits per heavy atom.